The topological polar surface area (TPSA) is 155 Å². The van der Waals surface area contributed by atoms with Crippen LogP contribution in [0.2, 0.25) is 0 Å². The van der Waals surface area contributed by atoms with E-state index < -0.39 is 74.1 Å². The molecule has 6 aromatic carbocycles. The van der Waals surface area contributed by atoms with E-state index in [1.54, 1.807) is 61.2 Å². The van der Waals surface area contributed by atoms with Gasteiger partial charge >= 0.3 is 0 Å². The first-order valence-electron chi connectivity index (χ1n) is 58.5. The van der Waals surface area contributed by atoms with E-state index in [1.165, 1.54) is 56.7 Å². The third kappa shape index (κ3) is 25.9. The van der Waals surface area contributed by atoms with Gasteiger partial charge in [0.05, 0.1) is 16.7 Å². The Balaban J connectivity index is 0.000000143. The molecule has 18 aromatic rings. The van der Waals surface area contributed by atoms with Gasteiger partial charge in [-0.25, -0.2) is 15.0 Å². The number of benzene rings is 6. The van der Waals surface area contributed by atoms with Crippen LogP contribution in [-0.2, 0) is 85.8 Å². The zero-order chi connectivity index (χ0) is 115. The molecular formula is C128H135Ir3N9O3-6. The first kappa shape index (κ1) is 83.2. The minimum atomic E-state index is -2.15. The van der Waals surface area contributed by atoms with Crippen molar-refractivity contribution < 1.29 is 99.6 Å². The summed E-state index contributed by atoms with van der Waals surface area (Å²) in [5.41, 5.74) is 22.1. The van der Waals surface area contributed by atoms with Crippen LogP contribution < -0.4 is 0 Å². The Kier molecular flexibility index (Phi) is 26.4. The van der Waals surface area contributed by atoms with E-state index in [9.17, 15) is 1.37 Å². The number of pyridine rings is 9. The molecule has 5 aliphatic rings. The molecule has 5 fully saturated rings. The van der Waals surface area contributed by atoms with Crippen molar-refractivity contribution in [2.24, 2.45) is 51.2 Å². The average molecular weight is 2440 g/mol. The summed E-state index contributed by atoms with van der Waals surface area (Å²) in [5, 5.41) is 6.02. The number of rotatable bonds is 13. The Morgan fingerprint density at radius 1 is 0.378 bits per heavy atom. The molecule has 12 nitrogen and oxygen atoms in total. The second-order valence-electron chi connectivity index (χ2n) is 42.3. The van der Waals surface area contributed by atoms with Crippen molar-refractivity contribution >= 4 is 66.2 Å². The van der Waals surface area contributed by atoms with Crippen LogP contribution in [0.5, 0.6) is 0 Å². The molecule has 0 N–H and O–H groups in total. The molecule has 12 heterocycles. The van der Waals surface area contributed by atoms with Crippen LogP contribution in [0.25, 0.3) is 134 Å². The monoisotopic (exact) mass is 2440 g/mol. The predicted octanol–water partition coefficient (Wildman–Crippen LogP) is 33.3. The van der Waals surface area contributed by atoms with Crippen molar-refractivity contribution in [3.05, 3.63) is 339 Å². The maximum absolute atomic E-state index is 9.17. The number of nitrogens with zero attached hydrogens (tertiary/aromatic N) is 9. The van der Waals surface area contributed by atoms with Crippen molar-refractivity contribution in [1.82, 2.24) is 44.9 Å². The minimum Gasteiger partial charge on any atom is -0.486 e. The summed E-state index contributed by atoms with van der Waals surface area (Å²) in [5.74, 6) is 1.51. The van der Waals surface area contributed by atoms with Gasteiger partial charge in [0.15, 0.2) is 0 Å². The van der Waals surface area contributed by atoms with E-state index in [0.717, 1.165) is 161 Å². The van der Waals surface area contributed by atoms with Crippen LogP contribution in [0.3, 0.4) is 0 Å². The fraction of sp³-hybridized carbons (Fsp3) is 0.367. The Morgan fingerprint density at radius 3 is 1.09 bits per heavy atom. The Hall–Kier alpha value is -11.0. The van der Waals surface area contributed by atoms with Crippen molar-refractivity contribution in [3.63, 3.8) is 0 Å². The zero-order valence-electron chi connectivity index (χ0n) is 103. The van der Waals surface area contributed by atoms with Crippen molar-refractivity contribution in [2.75, 3.05) is 0 Å². The van der Waals surface area contributed by atoms with Gasteiger partial charge in [-0.15, -0.1) is 161 Å². The van der Waals surface area contributed by atoms with Gasteiger partial charge in [-0.05, 0) is 300 Å². The Labute approximate surface area is 915 Å². The molecule has 0 amide bonds. The SMILES string of the molecule is [2H]C([2H])([2H])c1c[c-]c(-c2cc(C)c(C([2H])([2H])C(C)(C)C)cn2)cc1.[2H]C([2H])([2H])c1c[c-]c(-c2cc(C)c(C([2H])([2H])C(C)(C)C)cn2)cc1.[2H]C([2H])([2H])c1c[c-]c(-c2cc(C)c(C([2H])([2H])C(C)(C)C)cn2)cc1.[2H]C([2H])(c1ccnc(-c2[c-]ccc3c2oc2nc(C)ccc23)c1)C1CC2CCC1C2.[2H]C1(c2ccnc(-c3[c-]ccc4c3oc3nc(C)ccc34)c2)CC2CCC1C2.[2H]C1(c2ccnc(-c3[c-]ccc4c3oc3nc(C)ccc34)c2)CCC(C)(C)CC1.[Ir].[Ir].[Ir]. The van der Waals surface area contributed by atoms with E-state index in [2.05, 4.69) is 119 Å². The molecule has 5 aliphatic carbocycles. The maximum atomic E-state index is 9.17. The van der Waals surface area contributed by atoms with Gasteiger partial charge < -0.3 is 43.2 Å². The van der Waals surface area contributed by atoms with Gasteiger partial charge in [0.1, 0.15) is 0 Å². The third-order valence-corrected chi connectivity index (χ3v) is 27.1. The summed E-state index contributed by atoms with van der Waals surface area (Å²) >= 11 is 0. The molecule has 3 radical (unpaired) electrons. The molecule has 5 saturated carbocycles. The summed E-state index contributed by atoms with van der Waals surface area (Å²) in [6, 6.07) is 74.1. The first-order valence-corrected chi connectivity index (χ1v) is 49.0. The summed E-state index contributed by atoms with van der Waals surface area (Å²) in [6.07, 6.45) is 17.4. The third-order valence-electron chi connectivity index (χ3n) is 27.1. The summed E-state index contributed by atoms with van der Waals surface area (Å²) in [7, 11) is 0. The van der Waals surface area contributed by atoms with E-state index in [4.69, 9.17) is 37.9 Å². The molecule has 0 saturated heterocycles. The van der Waals surface area contributed by atoms with Gasteiger partial charge in [0, 0.05) is 157 Å². The van der Waals surface area contributed by atoms with Crippen molar-refractivity contribution in [3.8, 4) is 67.5 Å². The maximum Gasteiger partial charge on any atom is 0.216 e. The van der Waals surface area contributed by atoms with E-state index in [-0.39, 0.29) is 82.9 Å². The smallest absolute Gasteiger partial charge is 0.216 e. The fourth-order valence-corrected chi connectivity index (χ4v) is 20.0. The molecule has 743 valence electrons. The summed E-state index contributed by atoms with van der Waals surface area (Å²) < 4.78 is 171. The molecule has 4 bridgehead atoms. The van der Waals surface area contributed by atoms with Crippen LogP contribution >= 0.6 is 0 Å². The first-order chi connectivity index (χ1) is 74.5. The zero-order valence-corrected chi connectivity index (χ0v) is 91.6. The molecule has 23 rings (SSSR count). The van der Waals surface area contributed by atoms with Crippen LogP contribution in [-0.4, -0.2) is 44.9 Å². The molecule has 6 atom stereocenters. The summed E-state index contributed by atoms with van der Waals surface area (Å²) in [6.45, 7) is 26.4. The molecular weight excluding hydrogens is 2290 g/mol. The van der Waals surface area contributed by atoms with Gasteiger partial charge in [-0.1, -0.05) is 212 Å². The van der Waals surface area contributed by atoms with Crippen LogP contribution in [0, 0.1) is 150 Å². The van der Waals surface area contributed by atoms with E-state index >= 15 is 0 Å². The molecule has 0 spiro atoms. The number of hydrogen-bond donors (Lipinski definition) is 0. The second-order valence-corrected chi connectivity index (χ2v) is 42.3. The Bertz CT molecular complexity index is 8110. The predicted molar refractivity (Wildman–Crippen MR) is 574 cm³/mol. The van der Waals surface area contributed by atoms with Crippen LogP contribution in [0.4, 0.5) is 0 Å². The van der Waals surface area contributed by atoms with Gasteiger partial charge in [0.2, 0.25) is 17.1 Å². The number of aromatic nitrogens is 9. The number of fused-ring (bicyclic) bond motifs is 13. The molecule has 6 unspecified atom stereocenters. The number of hydrogen-bond acceptors (Lipinski definition) is 12. The standard InChI is InChI=1S/C25H23N2O.C25H25N2O.C24H21N2O.3C18H22N.3Ir/c1-15-5-8-21-20-3-2-4-22(24(20)28-25(21)27-15)23-14-17(9-10-26-23)13-19-12-16-6-7-18(19)11-16;1-16-7-8-20-19-5-4-6-21(23(19)28-24(20)27-16)22-15-18(11-14-26-22)17-9-12-25(2,3)13-10-17;1-14-5-8-19-18-3-2-4-20(23(18)27-24(19)26-14)22-13-17(9-10-25-22)21-12-15-6-7-16(21)11-15;3*1-13-6-8-15(9-7-13)17-10-14(2)16(12-19-17)11-18(3,4)5;;;/h2-3,5,8-10,14,16,18-19H,6-7,11-13H2,1H3;4-5,7-8,11,14-15,17H,9-10,12-13H2,1-3H3;2-3,5,8-10,13,15-16,21H,6-7,11-12H2,1H3;3*6-8,10,12H,11H2,1-5H3;;;/q6*-1;;;/i13D2;17D;21D;3*1D3,11D2;;;. The van der Waals surface area contributed by atoms with E-state index in [0.29, 0.717) is 108 Å². The van der Waals surface area contributed by atoms with Gasteiger partial charge in [0.25, 0.3) is 0 Å². The fourth-order valence-electron chi connectivity index (χ4n) is 20.0. The second kappa shape index (κ2) is 45.3. The van der Waals surface area contributed by atoms with Crippen LogP contribution in [0.1, 0.15) is 275 Å². The quantitative estimate of drug-likeness (QED) is 0.101. The summed E-state index contributed by atoms with van der Waals surface area (Å²) in [4.78, 5) is 40.5. The van der Waals surface area contributed by atoms with E-state index in [1.807, 2.05) is 219 Å². The molecule has 15 heteroatoms. The van der Waals surface area contributed by atoms with Gasteiger partial charge in [-0.3, -0.25) is 0 Å². The van der Waals surface area contributed by atoms with Crippen molar-refractivity contribution in [1.29, 1.82) is 0 Å². The molecule has 143 heavy (non-hydrogen) atoms. The van der Waals surface area contributed by atoms with Gasteiger partial charge in [-0.2, -0.15) is 0 Å². The Morgan fingerprint density at radius 2 is 0.748 bits per heavy atom. The molecule has 0 aliphatic heterocycles. The van der Waals surface area contributed by atoms with Crippen LogP contribution in [0.15, 0.2) is 232 Å². The average Bonchev–Trinajstić information content (AvgIpc) is 1.62. The molecule has 12 aromatic heterocycles. The van der Waals surface area contributed by atoms with Crippen molar-refractivity contribution in [2.45, 2.75) is 253 Å². The number of furan rings is 3. The normalized spacial score (nSPS) is 20.7. The minimum absolute atomic E-state index is 0. The number of aryl methyl sites for hydroxylation is 9. The largest absolute Gasteiger partial charge is 0.486 e.